The molecule has 1 heterocycles. The average Bonchev–Trinajstić information content (AvgIpc) is 2.32. The Morgan fingerprint density at radius 3 is 2.50 bits per heavy atom. The molecule has 0 saturated heterocycles. The molecule has 7 heteroatoms. The average molecular weight is 285 g/mol. The van der Waals surface area contributed by atoms with Gasteiger partial charge in [-0.15, -0.1) is 0 Å². The van der Waals surface area contributed by atoms with E-state index in [2.05, 4.69) is 5.10 Å². The number of hydrogen-bond acceptors (Lipinski definition) is 3. The number of hydrogen-bond donors (Lipinski definition) is 1. The lowest BCUT2D eigenvalue weighted by atomic mass is 9.93. The molecule has 1 amide bonds. The first-order valence-electron chi connectivity index (χ1n) is 6.08. The molecular formula is C13H14F3N3O. The van der Waals surface area contributed by atoms with E-state index < -0.39 is 18.6 Å². The fraction of sp³-hybridized carbons (Fsp3) is 0.385. The van der Waals surface area contributed by atoms with E-state index in [4.69, 9.17) is 5.73 Å². The van der Waals surface area contributed by atoms with Crippen LogP contribution in [0.2, 0.25) is 0 Å². The number of nitrogens with zero attached hydrogens (tertiary/aromatic N) is 2. The predicted molar refractivity (Wildman–Crippen MR) is 68.9 cm³/mol. The van der Waals surface area contributed by atoms with Gasteiger partial charge in [0.15, 0.2) is 0 Å². The summed E-state index contributed by atoms with van der Waals surface area (Å²) in [6.07, 6.45) is -4.45. The van der Waals surface area contributed by atoms with Crippen molar-refractivity contribution in [3.05, 3.63) is 29.8 Å². The van der Waals surface area contributed by atoms with E-state index in [9.17, 15) is 18.0 Å². The summed E-state index contributed by atoms with van der Waals surface area (Å²) in [6, 6.07) is 6.67. The lowest BCUT2D eigenvalue weighted by Gasteiger charge is -2.28. The van der Waals surface area contributed by atoms with Gasteiger partial charge in [-0.25, -0.2) is 5.01 Å². The fourth-order valence-electron chi connectivity index (χ4n) is 2.04. The molecule has 108 valence electrons. The van der Waals surface area contributed by atoms with Crippen LogP contribution in [-0.4, -0.2) is 29.3 Å². The number of carbonyl (C=O) groups excluding carboxylic acids is 1. The third kappa shape index (κ3) is 3.28. The van der Waals surface area contributed by atoms with Gasteiger partial charge in [-0.1, -0.05) is 19.1 Å². The Balaban J connectivity index is 2.32. The van der Waals surface area contributed by atoms with Crippen LogP contribution >= 0.6 is 0 Å². The second-order valence-electron chi connectivity index (χ2n) is 4.78. The Kier molecular flexibility index (Phi) is 3.69. The zero-order chi connectivity index (χ0) is 14.9. The number of alkyl halides is 3. The van der Waals surface area contributed by atoms with Crippen molar-refractivity contribution in [1.29, 1.82) is 0 Å². The lowest BCUT2D eigenvalue weighted by molar-refractivity contribution is -0.162. The first-order chi connectivity index (χ1) is 9.26. The third-order valence-corrected chi connectivity index (χ3v) is 3.00. The lowest BCUT2D eigenvalue weighted by Crippen LogP contribution is -2.41. The van der Waals surface area contributed by atoms with Gasteiger partial charge in [-0.05, 0) is 17.7 Å². The van der Waals surface area contributed by atoms with Crippen LogP contribution in [0.25, 0.3) is 0 Å². The van der Waals surface area contributed by atoms with Crippen molar-refractivity contribution < 1.29 is 18.0 Å². The molecule has 1 aliphatic heterocycles. The van der Waals surface area contributed by atoms with Gasteiger partial charge in [0.05, 0.1) is 5.71 Å². The molecule has 0 bridgehead atoms. The summed E-state index contributed by atoms with van der Waals surface area (Å²) in [7, 11) is 0. The van der Waals surface area contributed by atoms with E-state index >= 15 is 0 Å². The van der Waals surface area contributed by atoms with Crippen molar-refractivity contribution in [2.75, 3.05) is 12.3 Å². The Labute approximate surface area is 114 Å². The zero-order valence-corrected chi connectivity index (χ0v) is 10.8. The number of hydrazone groups is 1. The number of halogens is 3. The number of nitrogen functional groups attached to an aromatic ring is 1. The summed E-state index contributed by atoms with van der Waals surface area (Å²) in [6.45, 7) is 0.398. The van der Waals surface area contributed by atoms with Crippen LogP contribution in [0.3, 0.4) is 0 Å². The van der Waals surface area contributed by atoms with Crippen LogP contribution < -0.4 is 5.73 Å². The van der Waals surface area contributed by atoms with E-state index in [-0.39, 0.29) is 12.3 Å². The van der Waals surface area contributed by atoms with Gasteiger partial charge in [0.25, 0.3) is 0 Å². The Bertz CT molecular complexity index is 537. The van der Waals surface area contributed by atoms with E-state index in [0.717, 1.165) is 0 Å². The summed E-state index contributed by atoms with van der Waals surface area (Å²) in [5, 5.41) is 4.36. The molecule has 1 aromatic rings. The van der Waals surface area contributed by atoms with Crippen molar-refractivity contribution in [3.8, 4) is 0 Å². The zero-order valence-electron chi connectivity index (χ0n) is 10.8. The van der Waals surface area contributed by atoms with Crippen LogP contribution in [0.5, 0.6) is 0 Å². The summed E-state index contributed by atoms with van der Waals surface area (Å²) in [5.41, 5.74) is 7.27. The quantitative estimate of drug-likeness (QED) is 0.848. The van der Waals surface area contributed by atoms with Crippen molar-refractivity contribution >= 4 is 17.3 Å². The molecular weight excluding hydrogens is 271 g/mol. The molecule has 0 aliphatic carbocycles. The summed E-state index contributed by atoms with van der Waals surface area (Å²) >= 11 is 0. The second kappa shape index (κ2) is 5.15. The molecule has 2 N–H and O–H groups in total. The van der Waals surface area contributed by atoms with Crippen LogP contribution in [0.4, 0.5) is 18.9 Å². The number of benzene rings is 1. The molecule has 1 aliphatic rings. The Morgan fingerprint density at radius 2 is 1.95 bits per heavy atom. The monoisotopic (exact) mass is 285 g/mol. The third-order valence-electron chi connectivity index (χ3n) is 3.00. The highest BCUT2D eigenvalue weighted by atomic mass is 19.4. The normalized spacial score (nSPS) is 20.0. The van der Waals surface area contributed by atoms with E-state index in [1.807, 2.05) is 0 Å². The molecule has 4 nitrogen and oxygen atoms in total. The molecule has 0 aromatic heterocycles. The van der Waals surface area contributed by atoms with Crippen molar-refractivity contribution in [2.45, 2.75) is 19.5 Å². The Morgan fingerprint density at radius 1 is 1.35 bits per heavy atom. The molecule has 1 atom stereocenters. The van der Waals surface area contributed by atoms with Gasteiger partial charge in [-0.3, -0.25) is 4.79 Å². The van der Waals surface area contributed by atoms with Gasteiger partial charge in [0, 0.05) is 18.0 Å². The predicted octanol–water partition coefficient (Wildman–Crippen LogP) is 2.40. The summed E-state index contributed by atoms with van der Waals surface area (Å²) in [4.78, 5) is 11.6. The van der Waals surface area contributed by atoms with Gasteiger partial charge in [-0.2, -0.15) is 18.3 Å². The van der Waals surface area contributed by atoms with Crippen molar-refractivity contribution in [2.24, 2.45) is 11.0 Å². The molecule has 1 unspecified atom stereocenters. The van der Waals surface area contributed by atoms with Crippen LogP contribution in [-0.2, 0) is 4.79 Å². The molecule has 0 fully saturated rings. The smallest absolute Gasteiger partial charge is 0.399 e. The minimum Gasteiger partial charge on any atom is -0.399 e. The van der Waals surface area contributed by atoms with Gasteiger partial charge < -0.3 is 5.73 Å². The largest absolute Gasteiger partial charge is 0.408 e. The van der Waals surface area contributed by atoms with Crippen molar-refractivity contribution in [3.63, 3.8) is 0 Å². The van der Waals surface area contributed by atoms with Crippen LogP contribution in [0.15, 0.2) is 29.4 Å². The first-order valence-corrected chi connectivity index (χ1v) is 6.08. The topological polar surface area (TPSA) is 58.7 Å². The Hall–Kier alpha value is -2.05. The van der Waals surface area contributed by atoms with Crippen LogP contribution in [0.1, 0.15) is 18.9 Å². The number of rotatable bonds is 2. The molecule has 1 aromatic carbocycles. The number of amides is 1. The maximum atomic E-state index is 12.4. The summed E-state index contributed by atoms with van der Waals surface area (Å²) < 4.78 is 37.2. The minimum atomic E-state index is -4.47. The van der Waals surface area contributed by atoms with E-state index in [1.165, 1.54) is 0 Å². The van der Waals surface area contributed by atoms with Gasteiger partial charge >= 0.3 is 6.18 Å². The minimum absolute atomic E-state index is 0.0132. The molecule has 0 spiro atoms. The SMILES string of the molecule is CC1CC(=O)N(CC(F)(F)F)N=C1c1ccc(N)cc1. The first kappa shape index (κ1) is 14.4. The summed E-state index contributed by atoms with van der Waals surface area (Å²) in [5.74, 6) is -0.843. The standard InChI is InChI=1S/C13H14F3N3O/c1-8-6-11(20)19(7-13(14,15)16)18-12(8)9-2-4-10(17)5-3-9/h2-5,8H,6-7,17H2,1H3. The molecule has 0 radical (unpaired) electrons. The molecule has 20 heavy (non-hydrogen) atoms. The molecule has 0 saturated carbocycles. The fourth-order valence-corrected chi connectivity index (χ4v) is 2.04. The second-order valence-corrected chi connectivity index (χ2v) is 4.78. The maximum absolute atomic E-state index is 12.4. The van der Waals surface area contributed by atoms with Crippen LogP contribution in [0, 0.1) is 5.92 Å². The highest BCUT2D eigenvalue weighted by Crippen LogP contribution is 2.24. The van der Waals surface area contributed by atoms with E-state index in [1.54, 1.807) is 31.2 Å². The number of carbonyl (C=O) groups is 1. The highest BCUT2D eigenvalue weighted by Gasteiger charge is 2.36. The van der Waals surface area contributed by atoms with Gasteiger partial charge in [0.2, 0.25) is 5.91 Å². The number of anilines is 1. The van der Waals surface area contributed by atoms with Crippen molar-refractivity contribution in [1.82, 2.24) is 5.01 Å². The number of nitrogens with two attached hydrogens (primary N) is 1. The highest BCUT2D eigenvalue weighted by molar-refractivity contribution is 6.05. The maximum Gasteiger partial charge on any atom is 0.408 e. The van der Waals surface area contributed by atoms with Gasteiger partial charge in [0.1, 0.15) is 6.54 Å². The molecule has 2 rings (SSSR count). The van der Waals surface area contributed by atoms with E-state index in [0.29, 0.717) is 22.0 Å².